The van der Waals surface area contributed by atoms with Crippen LogP contribution in [0.15, 0.2) is 82.2 Å². The summed E-state index contributed by atoms with van der Waals surface area (Å²) in [6.45, 7) is 2.38. The molecule has 32 heavy (non-hydrogen) atoms. The monoisotopic (exact) mass is 448 g/mol. The Morgan fingerprint density at radius 2 is 2.00 bits per heavy atom. The Hall–Kier alpha value is -3.39. The maximum absolute atomic E-state index is 12.8. The van der Waals surface area contributed by atoms with Crippen LogP contribution in [0.5, 0.6) is 0 Å². The summed E-state index contributed by atoms with van der Waals surface area (Å²) in [5.74, 6) is -0.519. The number of amides is 1. The van der Waals surface area contributed by atoms with E-state index < -0.39 is 12.0 Å². The average Bonchev–Trinajstić information content (AvgIpc) is 3.24. The fraction of sp³-hybridized carbons (Fsp3) is 0.250. The van der Waals surface area contributed by atoms with E-state index in [1.54, 1.807) is 12.4 Å². The van der Waals surface area contributed by atoms with Gasteiger partial charge in [-0.3, -0.25) is 9.78 Å². The third-order valence-electron chi connectivity index (χ3n) is 5.30. The zero-order chi connectivity index (χ0) is 22.5. The van der Waals surface area contributed by atoms with Gasteiger partial charge in [0.15, 0.2) is 5.17 Å². The van der Waals surface area contributed by atoms with E-state index in [4.69, 9.17) is 9.73 Å². The summed E-state index contributed by atoms with van der Waals surface area (Å²) in [4.78, 5) is 36.3. The number of hydrogen-bond donors (Lipinski definition) is 1. The highest BCUT2D eigenvalue weighted by atomic mass is 32.2. The van der Waals surface area contributed by atoms with Gasteiger partial charge in [-0.15, -0.1) is 0 Å². The molecule has 0 bridgehead atoms. The summed E-state index contributed by atoms with van der Waals surface area (Å²) in [7, 11) is 1.38. The zero-order valence-corrected chi connectivity index (χ0v) is 18.8. The first-order valence-corrected chi connectivity index (χ1v) is 11.3. The molecule has 7 nitrogen and oxygen atoms in total. The van der Waals surface area contributed by atoms with Crippen molar-refractivity contribution in [2.45, 2.75) is 32.4 Å². The first kappa shape index (κ1) is 21.8. The number of nitrogens with zero attached hydrogens (tertiary/aromatic N) is 3. The number of rotatable bonds is 7. The van der Waals surface area contributed by atoms with Gasteiger partial charge in [0.05, 0.1) is 30.8 Å². The van der Waals surface area contributed by atoms with Crippen LogP contribution in [-0.4, -0.2) is 34.0 Å². The number of allylic oxidation sites excluding steroid dienone is 1. The molecule has 2 aromatic rings. The number of hydrogen-bond acceptors (Lipinski definition) is 7. The van der Waals surface area contributed by atoms with Gasteiger partial charge in [0.2, 0.25) is 5.91 Å². The molecule has 0 radical (unpaired) electrons. The molecule has 0 spiro atoms. The van der Waals surface area contributed by atoms with Gasteiger partial charge in [0.25, 0.3) is 0 Å². The molecular formula is C24H24N4O3S. The van der Waals surface area contributed by atoms with Crippen LogP contribution in [-0.2, 0) is 20.9 Å². The van der Waals surface area contributed by atoms with Crippen LogP contribution in [0.25, 0.3) is 0 Å². The van der Waals surface area contributed by atoms with Crippen molar-refractivity contribution in [1.82, 2.24) is 15.2 Å². The van der Waals surface area contributed by atoms with E-state index in [0.717, 1.165) is 22.0 Å². The predicted octanol–water partition coefficient (Wildman–Crippen LogP) is 3.93. The van der Waals surface area contributed by atoms with Gasteiger partial charge < -0.3 is 15.0 Å². The Kier molecular flexibility index (Phi) is 6.70. The number of thioether (sulfide) groups is 1. The molecule has 1 aromatic heterocycles. The molecule has 3 heterocycles. The van der Waals surface area contributed by atoms with E-state index >= 15 is 0 Å². The highest BCUT2D eigenvalue weighted by Crippen LogP contribution is 2.45. The number of ether oxygens (including phenoxy) is 1. The van der Waals surface area contributed by atoms with Crippen LogP contribution < -0.4 is 5.32 Å². The molecular weight excluding hydrogens is 424 g/mol. The van der Waals surface area contributed by atoms with Gasteiger partial charge >= 0.3 is 5.97 Å². The normalized spacial score (nSPS) is 17.4. The average molecular weight is 449 g/mol. The highest BCUT2D eigenvalue weighted by Gasteiger charge is 2.41. The third-order valence-corrected chi connectivity index (χ3v) is 6.19. The molecule has 1 aromatic carbocycles. The van der Waals surface area contributed by atoms with Crippen molar-refractivity contribution in [2.75, 3.05) is 7.11 Å². The quantitative estimate of drug-likeness (QED) is 0.647. The number of carbonyl (C=O) groups excluding carboxylic acids is 2. The Balaban J connectivity index is 1.61. The summed E-state index contributed by atoms with van der Waals surface area (Å²) in [6, 6.07) is 13.1. The summed E-state index contributed by atoms with van der Waals surface area (Å²) in [5.41, 5.74) is 3.88. The molecule has 0 aliphatic carbocycles. The Bertz CT molecular complexity index is 1100. The van der Waals surface area contributed by atoms with Crippen molar-refractivity contribution in [3.05, 3.63) is 88.4 Å². The van der Waals surface area contributed by atoms with E-state index in [1.807, 2.05) is 59.7 Å². The number of pyridine rings is 1. The van der Waals surface area contributed by atoms with E-state index in [-0.39, 0.29) is 12.3 Å². The number of nitrogens with one attached hydrogen (secondary N) is 1. The fourth-order valence-electron chi connectivity index (χ4n) is 3.79. The standard InChI is InChI=1S/C24H24N4O3S/c1-3-19-21(23(30)31-2)22(17-9-5-4-6-10-17)28-18(15-32-24(28)27-19)12-20(29)26-14-16-8-7-11-25-13-16/h4-11,13,15,22H,3,12,14H2,1-2H3,(H,26,29). The molecule has 2 aliphatic heterocycles. The highest BCUT2D eigenvalue weighted by molar-refractivity contribution is 8.16. The Morgan fingerprint density at radius 1 is 1.19 bits per heavy atom. The van der Waals surface area contributed by atoms with Crippen molar-refractivity contribution in [1.29, 1.82) is 0 Å². The van der Waals surface area contributed by atoms with Crippen LogP contribution in [0.2, 0.25) is 0 Å². The van der Waals surface area contributed by atoms with Gasteiger partial charge in [-0.25, -0.2) is 9.79 Å². The summed E-state index contributed by atoms with van der Waals surface area (Å²) in [5, 5.41) is 5.64. The minimum atomic E-state index is -0.407. The Morgan fingerprint density at radius 3 is 2.69 bits per heavy atom. The summed E-state index contributed by atoms with van der Waals surface area (Å²) in [6.07, 6.45) is 4.20. The van der Waals surface area contributed by atoms with Crippen LogP contribution in [0.4, 0.5) is 0 Å². The number of esters is 1. The van der Waals surface area contributed by atoms with Gasteiger partial charge in [-0.2, -0.15) is 0 Å². The van der Waals surface area contributed by atoms with Crippen LogP contribution in [0, 0.1) is 0 Å². The van der Waals surface area contributed by atoms with Crippen molar-refractivity contribution in [3.8, 4) is 0 Å². The molecule has 1 N–H and O–H groups in total. The Labute approximate surface area is 191 Å². The van der Waals surface area contributed by atoms with Gasteiger partial charge in [-0.05, 0) is 29.0 Å². The van der Waals surface area contributed by atoms with E-state index in [0.29, 0.717) is 24.2 Å². The molecule has 0 saturated carbocycles. The smallest absolute Gasteiger partial charge is 0.338 e. The molecule has 0 fully saturated rings. The molecule has 1 unspecified atom stereocenters. The molecule has 8 heteroatoms. The van der Waals surface area contributed by atoms with E-state index in [9.17, 15) is 9.59 Å². The minimum Gasteiger partial charge on any atom is -0.466 e. The van der Waals surface area contributed by atoms with Gasteiger partial charge in [0.1, 0.15) is 0 Å². The number of aliphatic imine (C=N–C) groups is 1. The second kappa shape index (κ2) is 9.82. The minimum absolute atomic E-state index is 0.112. The topological polar surface area (TPSA) is 83.9 Å². The second-order valence-corrected chi connectivity index (χ2v) is 8.16. The summed E-state index contributed by atoms with van der Waals surface area (Å²) < 4.78 is 5.12. The van der Waals surface area contributed by atoms with E-state index in [2.05, 4.69) is 10.3 Å². The predicted molar refractivity (Wildman–Crippen MR) is 124 cm³/mol. The lowest BCUT2D eigenvalue weighted by atomic mass is 9.93. The lowest BCUT2D eigenvalue weighted by Crippen LogP contribution is -2.38. The SMILES string of the molecule is CCC1=C(C(=O)OC)C(c2ccccc2)N2C(CC(=O)NCc3cccnc3)=CSC2=N1. The lowest BCUT2D eigenvalue weighted by Gasteiger charge is -2.36. The molecule has 1 atom stereocenters. The largest absolute Gasteiger partial charge is 0.466 e. The first-order valence-electron chi connectivity index (χ1n) is 10.4. The zero-order valence-electron chi connectivity index (χ0n) is 17.9. The number of amidine groups is 1. The van der Waals surface area contributed by atoms with Crippen molar-refractivity contribution in [2.24, 2.45) is 4.99 Å². The number of carbonyl (C=O) groups is 2. The maximum Gasteiger partial charge on any atom is 0.338 e. The van der Waals surface area contributed by atoms with Crippen LogP contribution in [0.1, 0.15) is 36.9 Å². The summed E-state index contributed by atoms with van der Waals surface area (Å²) >= 11 is 1.47. The maximum atomic E-state index is 12.8. The van der Waals surface area contributed by atoms with Gasteiger partial charge in [0, 0.05) is 24.6 Å². The first-order chi connectivity index (χ1) is 15.6. The molecule has 164 valence electrons. The second-order valence-electron chi connectivity index (χ2n) is 7.32. The lowest BCUT2D eigenvalue weighted by molar-refractivity contribution is -0.136. The number of fused-ring (bicyclic) bond motifs is 1. The van der Waals surface area contributed by atoms with Crippen molar-refractivity contribution >= 4 is 28.8 Å². The van der Waals surface area contributed by atoms with E-state index in [1.165, 1.54) is 18.9 Å². The molecule has 4 rings (SSSR count). The molecule has 1 amide bonds. The molecule has 0 saturated heterocycles. The molecule has 2 aliphatic rings. The number of methoxy groups -OCH3 is 1. The fourth-order valence-corrected chi connectivity index (χ4v) is 4.73. The van der Waals surface area contributed by atoms with Crippen LogP contribution in [0.3, 0.4) is 0 Å². The number of aromatic nitrogens is 1. The third kappa shape index (κ3) is 4.45. The van der Waals surface area contributed by atoms with Gasteiger partial charge in [-0.1, -0.05) is 55.1 Å². The van der Waals surface area contributed by atoms with Crippen molar-refractivity contribution in [3.63, 3.8) is 0 Å². The number of benzene rings is 1. The van der Waals surface area contributed by atoms with Crippen LogP contribution >= 0.6 is 11.8 Å². The van der Waals surface area contributed by atoms with Crippen molar-refractivity contribution < 1.29 is 14.3 Å².